The molecule has 0 aliphatic carbocycles. The Morgan fingerprint density at radius 1 is 1.32 bits per heavy atom. The summed E-state index contributed by atoms with van der Waals surface area (Å²) in [5.41, 5.74) is -0.213. The summed E-state index contributed by atoms with van der Waals surface area (Å²) in [5, 5.41) is 2.75. The fraction of sp³-hybridized carbons (Fsp3) is 0.250. The van der Waals surface area contributed by atoms with Crippen LogP contribution in [0, 0.1) is 0 Å². The zero-order valence-electron chi connectivity index (χ0n) is 9.58. The van der Waals surface area contributed by atoms with Crippen LogP contribution < -0.4 is 4.74 Å². The lowest BCUT2D eigenvalue weighted by Crippen LogP contribution is -2.09. The van der Waals surface area contributed by atoms with Gasteiger partial charge in [-0.25, -0.2) is 4.98 Å². The molecular weight excluding hydrogens is 343 g/mol. The van der Waals surface area contributed by atoms with Gasteiger partial charge >= 0.3 is 6.18 Å². The van der Waals surface area contributed by atoms with E-state index in [2.05, 4.69) is 20.9 Å². The number of halogens is 4. The van der Waals surface area contributed by atoms with Crippen LogP contribution in [0.25, 0.3) is 0 Å². The Morgan fingerprint density at radius 2 is 2.11 bits per heavy atom. The molecule has 1 heterocycles. The molecule has 0 unspecified atom stereocenters. The van der Waals surface area contributed by atoms with Gasteiger partial charge in [0.05, 0.1) is 5.56 Å². The molecule has 0 aliphatic heterocycles. The van der Waals surface area contributed by atoms with E-state index in [9.17, 15) is 13.2 Å². The van der Waals surface area contributed by atoms with Crippen molar-refractivity contribution in [2.24, 2.45) is 0 Å². The number of hydrogen-bond donors (Lipinski definition) is 0. The molecule has 0 amide bonds. The molecule has 0 saturated carbocycles. The fourth-order valence-electron chi connectivity index (χ4n) is 1.47. The smallest absolute Gasteiger partial charge is 0.419 e. The summed E-state index contributed by atoms with van der Waals surface area (Å²) in [4.78, 5) is 3.96. The van der Waals surface area contributed by atoms with E-state index < -0.39 is 11.7 Å². The van der Waals surface area contributed by atoms with E-state index in [0.29, 0.717) is 15.9 Å². The van der Waals surface area contributed by atoms with Crippen molar-refractivity contribution in [2.45, 2.75) is 18.1 Å². The highest BCUT2D eigenvalue weighted by atomic mass is 79.9. The first-order chi connectivity index (χ1) is 9.00. The molecule has 0 bridgehead atoms. The third-order valence-electron chi connectivity index (χ3n) is 2.34. The van der Waals surface area contributed by atoms with Gasteiger partial charge in [0, 0.05) is 16.9 Å². The Kier molecular flexibility index (Phi) is 4.46. The molecule has 0 spiro atoms. The van der Waals surface area contributed by atoms with Crippen molar-refractivity contribution in [1.82, 2.24) is 4.98 Å². The van der Waals surface area contributed by atoms with Gasteiger partial charge in [0.1, 0.15) is 17.4 Å². The molecule has 2 rings (SSSR count). The molecule has 2 nitrogen and oxygen atoms in total. The van der Waals surface area contributed by atoms with Crippen LogP contribution in [0.2, 0.25) is 0 Å². The monoisotopic (exact) mass is 351 g/mol. The van der Waals surface area contributed by atoms with E-state index in [1.54, 1.807) is 17.6 Å². The number of ether oxygens (including phenoxy) is 1. The summed E-state index contributed by atoms with van der Waals surface area (Å²) in [6, 6.07) is 4.03. The van der Waals surface area contributed by atoms with Gasteiger partial charge in [0.2, 0.25) is 0 Å². The van der Waals surface area contributed by atoms with Crippen molar-refractivity contribution in [1.29, 1.82) is 0 Å². The van der Waals surface area contributed by atoms with Crippen molar-refractivity contribution in [3.05, 3.63) is 45.9 Å². The molecule has 0 atom stereocenters. The fourth-order valence-corrected chi connectivity index (χ4v) is 2.35. The topological polar surface area (TPSA) is 22.1 Å². The molecule has 0 fully saturated rings. The average molecular weight is 352 g/mol. The summed E-state index contributed by atoms with van der Waals surface area (Å²) >= 11 is 4.48. The minimum Gasteiger partial charge on any atom is -0.486 e. The van der Waals surface area contributed by atoms with Gasteiger partial charge in [0.25, 0.3) is 0 Å². The van der Waals surface area contributed by atoms with Gasteiger partial charge in [-0.15, -0.1) is 11.3 Å². The van der Waals surface area contributed by atoms with Crippen molar-refractivity contribution >= 4 is 27.3 Å². The SMILES string of the molecule is FC(F)(F)c1cc(CBr)ccc1OCc1nccs1. The summed E-state index contributed by atoms with van der Waals surface area (Å²) in [6.45, 7) is 0.0361. The highest BCUT2D eigenvalue weighted by molar-refractivity contribution is 9.08. The third-order valence-corrected chi connectivity index (χ3v) is 3.74. The van der Waals surface area contributed by atoms with Crippen LogP contribution in [0.5, 0.6) is 5.75 Å². The van der Waals surface area contributed by atoms with Crippen LogP contribution >= 0.6 is 27.3 Å². The van der Waals surface area contributed by atoms with Gasteiger partial charge in [0.15, 0.2) is 0 Å². The van der Waals surface area contributed by atoms with E-state index in [1.165, 1.54) is 17.4 Å². The first-order valence-electron chi connectivity index (χ1n) is 5.28. The predicted molar refractivity (Wildman–Crippen MR) is 70.5 cm³/mol. The highest BCUT2D eigenvalue weighted by Gasteiger charge is 2.34. The van der Waals surface area contributed by atoms with E-state index in [1.807, 2.05) is 0 Å². The number of rotatable bonds is 4. The highest BCUT2D eigenvalue weighted by Crippen LogP contribution is 2.37. The molecule has 2 aromatic rings. The standard InChI is InChI=1S/C12H9BrF3NOS/c13-6-8-1-2-10(9(5-8)12(14,15)16)18-7-11-17-3-4-19-11/h1-5H,6-7H2. The number of alkyl halides is 4. The molecule has 0 radical (unpaired) electrons. The predicted octanol–water partition coefficient (Wildman–Crippen LogP) is 4.64. The van der Waals surface area contributed by atoms with Gasteiger partial charge in [-0.05, 0) is 17.7 Å². The lowest BCUT2D eigenvalue weighted by Gasteiger charge is -2.14. The van der Waals surface area contributed by atoms with E-state index in [4.69, 9.17) is 4.74 Å². The molecule has 0 N–H and O–H groups in total. The normalized spacial score (nSPS) is 11.6. The molecule has 1 aromatic carbocycles. The van der Waals surface area contributed by atoms with Crippen LogP contribution in [0.1, 0.15) is 16.1 Å². The maximum Gasteiger partial charge on any atom is 0.419 e. The summed E-state index contributed by atoms with van der Waals surface area (Å²) in [6.07, 6.45) is -2.85. The first kappa shape index (κ1) is 14.3. The molecule has 7 heteroatoms. The molecule has 1 aromatic heterocycles. The van der Waals surface area contributed by atoms with Gasteiger partial charge in [-0.3, -0.25) is 0 Å². The molecule has 102 valence electrons. The minimum atomic E-state index is -4.43. The number of benzene rings is 1. The molecular formula is C12H9BrF3NOS. The molecule has 0 saturated heterocycles. The zero-order chi connectivity index (χ0) is 13.9. The zero-order valence-corrected chi connectivity index (χ0v) is 12.0. The number of aromatic nitrogens is 1. The van der Waals surface area contributed by atoms with Gasteiger partial charge in [-0.1, -0.05) is 22.0 Å². The Balaban J connectivity index is 2.23. The Morgan fingerprint density at radius 3 is 2.68 bits per heavy atom. The van der Waals surface area contributed by atoms with E-state index in [0.717, 1.165) is 6.07 Å². The molecule has 19 heavy (non-hydrogen) atoms. The maximum absolute atomic E-state index is 12.9. The minimum absolute atomic E-state index is 0.0361. The van der Waals surface area contributed by atoms with Gasteiger partial charge in [-0.2, -0.15) is 13.2 Å². The first-order valence-corrected chi connectivity index (χ1v) is 7.28. The average Bonchev–Trinajstić information content (AvgIpc) is 2.88. The van der Waals surface area contributed by atoms with Crippen LogP contribution in [0.4, 0.5) is 13.2 Å². The van der Waals surface area contributed by atoms with Crippen LogP contribution in [-0.2, 0) is 18.1 Å². The van der Waals surface area contributed by atoms with Crippen LogP contribution in [0.15, 0.2) is 29.8 Å². The Labute approximate surface area is 120 Å². The largest absolute Gasteiger partial charge is 0.486 e. The summed E-state index contributed by atoms with van der Waals surface area (Å²) in [5.74, 6) is -0.174. The quantitative estimate of drug-likeness (QED) is 0.749. The lowest BCUT2D eigenvalue weighted by molar-refractivity contribution is -0.139. The van der Waals surface area contributed by atoms with Gasteiger partial charge < -0.3 is 4.74 Å². The second kappa shape index (κ2) is 5.92. The van der Waals surface area contributed by atoms with Crippen molar-refractivity contribution in [3.8, 4) is 5.75 Å². The van der Waals surface area contributed by atoms with Crippen molar-refractivity contribution < 1.29 is 17.9 Å². The third kappa shape index (κ3) is 3.70. The summed E-state index contributed by atoms with van der Waals surface area (Å²) in [7, 11) is 0. The van der Waals surface area contributed by atoms with E-state index >= 15 is 0 Å². The lowest BCUT2D eigenvalue weighted by atomic mass is 10.1. The second-order valence-corrected chi connectivity index (χ2v) is 5.22. The maximum atomic E-state index is 12.9. The Bertz CT molecular complexity index is 542. The molecule has 0 aliphatic rings. The summed E-state index contributed by atoms with van der Waals surface area (Å²) < 4.78 is 44.0. The van der Waals surface area contributed by atoms with Crippen LogP contribution in [0.3, 0.4) is 0 Å². The Hall–Kier alpha value is -1.08. The van der Waals surface area contributed by atoms with Crippen molar-refractivity contribution in [2.75, 3.05) is 0 Å². The van der Waals surface area contributed by atoms with Crippen LogP contribution in [-0.4, -0.2) is 4.98 Å². The second-order valence-electron chi connectivity index (χ2n) is 3.68. The number of thiazole rings is 1. The number of nitrogens with zero attached hydrogens (tertiary/aromatic N) is 1. The number of hydrogen-bond acceptors (Lipinski definition) is 3. The van der Waals surface area contributed by atoms with E-state index in [-0.39, 0.29) is 12.4 Å². The van der Waals surface area contributed by atoms with Crippen molar-refractivity contribution in [3.63, 3.8) is 0 Å².